The Morgan fingerprint density at radius 1 is 1.03 bits per heavy atom. The Morgan fingerprint density at radius 3 is 2.41 bits per heavy atom. The number of allylic oxidation sites excluding steroid dienone is 5. The summed E-state index contributed by atoms with van der Waals surface area (Å²) in [6.45, 7) is 10.1. The molecule has 1 aliphatic carbocycles. The van der Waals surface area contributed by atoms with Gasteiger partial charge in [0.25, 0.3) is 0 Å². The van der Waals surface area contributed by atoms with Gasteiger partial charge in [-0.15, -0.1) is 12.4 Å². The van der Waals surface area contributed by atoms with Crippen LogP contribution in [0.25, 0.3) is 5.57 Å². The molecule has 2 nitrogen and oxygen atoms in total. The lowest BCUT2D eigenvalue weighted by Crippen LogP contribution is -2.04. The summed E-state index contributed by atoms with van der Waals surface area (Å²) >= 11 is 6.61. The summed E-state index contributed by atoms with van der Waals surface area (Å²) < 4.78 is 0. The Kier molecular flexibility index (Phi) is 8.31. The van der Waals surface area contributed by atoms with Crippen molar-refractivity contribution < 1.29 is 0 Å². The molecule has 2 aromatic carbocycles. The predicted molar refractivity (Wildman–Crippen MR) is 131 cm³/mol. The number of aliphatic imine (C=N–C) groups is 1. The minimum atomic E-state index is 0. The van der Waals surface area contributed by atoms with Crippen LogP contribution in [0.1, 0.15) is 37.5 Å². The SMILES string of the molecule is CCN=C1C=CC(=C(c2ccc(NCC)c(C)c2)c2ccccc2Cl)C=C1C.Cl. The number of hydrogen-bond donors (Lipinski definition) is 1. The van der Waals surface area contributed by atoms with Crippen LogP contribution >= 0.6 is 24.0 Å². The van der Waals surface area contributed by atoms with Crippen molar-refractivity contribution in [3.05, 3.63) is 93.6 Å². The van der Waals surface area contributed by atoms with Crippen molar-refractivity contribution in [3.63, 3.8) is 0 Å². The molecular weight excluding hydrogens is 399 g/mol. The summed E-state index contributed by atoms with van der Waals surface area (Å²) in [5.41, 5.74) is 9.09. The molecule has 0 heterocycles. The molecule has 1 aliphatic rings. The van der Waals surface area contributed by atoms with Crippen molar-refractivity contribution in [2.24, 2.45) is 4.99 Å². The molecule has 1 N–H and O–H groups in total. The zero-order chi connectivity index (χ0) is 20.1. The first-order chi connectivity index (χ1) is 13.5. The number of nitrogens with zero attached hydrogens (tertiary/aromatic N) is 1. The highest BCUT2D eigenvalue weighted by atomic mass is 35.5. The summed E-state index contributed by atoms with van der Waals surface area (Å²) in [5, 5.41) is 4.17. The normalized spacial score (nSPS) is 16.3. The molecule has 0 bridgehead atoms. The molecule has 2 aromatic rings. The summed E-state index contributed by atoms with van der Waals surface area (Å²) in [6, 6.07) is 14.6. The lowest BCUT2D eigenvalue weighted by Gasteiger charge is -2.18. The maximum atomic E-state index is 6.61. The quantitative estimate of drug-likeness (QED) is 0.533. The molecule has 0 saturated heterocycles. The van der Waals surface area contributed by atoms with Crippen molar-refractivity contribution in [1.29, 1.82) is 0 Å². The molecule has 29 heavy (non-hydrogen) atoms. The number of rotatable bonds is 5. The first-order valence-corrected chi connectivity index (χ1v) is 10.2. The van der Waals surface area contributed by atoms with Gasteiger partial charge in [0.2, 0.25) is 0 Å². The highest BCUT2D eigenvalue weighted by Gasteiger charge is 2.16. The van der Waals surface area contributed by atoms with Gasteiger partial charge in [-0.2, -0.15) is 0 Å². The second kappa shape index (κ2) is 10.5. The second-order valence-electron chi connectivity index (χ2n) is 6.89. The topological polar surface area (TPSA) is 24.4 Å². The Bertz CT molecular complexity index is 998. The van der Waals surface area contributed by atoms with Crippen molar-refractivity contribution in [2.75, 3.05) is 18.4 Å². The first kappa shape index (κ1) is 23.0. The van der Waals surface area contributed by atoms with Gasteiger partial charge in [0.1, 0.15) is 0 Å². The van der Waals surface area contributed by atoms with Gasteiger partial charge in [0.15, 0.2) is 0 Å². The van der Waals surface area contributed by atoms with E-state index in [1.165, 1.54) is 11.1 Å². The van der Waals surface area contributed by atoms with Gasteiger partial charge in [-0.25, -0.2) is 0 Å². The maximum Gasteiger partial charge on any atom is 0.0603 e. The van der Waals surface area contributed by atoms with E-state index in [2.05, 4.69) is 80.5 Å². The molecule has 0 unspecified atom stereocenters. The van der Waals surface area contributed by atoms with E-state index < -0.39 is 0 Å². The molecule has 3 rings (SSSR count). The second-order valence-corrected chi connectivity index (χ2v) is 7.30. The van der Waals surface area contributed by atoms with Crippen LogP contribution in [0.15, 0.2) is 76.8 Å². The molecule has 0 spiro atoms. The Hall–Kier alpha value is -2.29. The van der Waals surface area contributed by atoms with Crippen LogP contribution in [-0.2, 0) is 0 Å². The largest absolute Gasteiger partial charge is 0.385 e. The molecule has 152 valence electrons. The summed E-state index contributed by atoms with van der Waals surface area (Å²) in [4.78, 5) is 4.57. The number of benzene rings is 2. The van der Waals surface area contributed by atoms with Gasteiger partial charge in [0, 0.05) is 29.4 Å². The molecule has 4 heteroatoms. The zero-order valence-electron chi connectivity index (χ0n) is 17.4. The van der Waals surface area contributed by atoms with Crippen LogP contribution in [0.3, 0.4) is 0 Å². The summed E-state index contributed by atoms with van der Waals surface area (Å²) in [7, 11) is 0. The number of nitrogens with one attached hydrogen (secondary N) is 1. The highest BCUT2D eigenvalue weighted by molar-refractivity contribution is 6.32. The third-order valence-electron chi connectivity index (χ3n) is 4.84. The maximum absolute atomic E-state index is 6.61. The average Bonchev–Trinajstić information content (AvgIpc) is 2.68. The van der Waals surface area contributed by atoms with Gasteiger partial charge in [-0.3, -0.25) is 4.99 Å². The van der Waals surface area contributed by atoms with E-state index in [0.717, 1.165) is 51.8 Å². The Balaban J connectivity index is 0.00000300. The molecule has 0 atom stereocenters. The molecule has 0 aromatic heterocycles. The Labute approximate surface area is 185 Å². The van der Waals surface area contributed by atoms with E-state index in [9.17, 15) is 0 Å². The van der Waals surface area contributed by atoms with Crippen molar-refractivity contribution in [1.82, 2.24) is 0 Å². The van der Waals surface area contributed by atoms with E-state index in [0.29, 0.717) is 0 Å². The fourth-order valence-electron chi connectivity index (χ4n) is 3.51. The number of anilines is 1. The lowest BCUT2D eigenvalue weighted by atomic mass is 9.88. The van der Waals surface area contributed by atoms with E-state index in [1.54, 1.807) is 0 Å². The van der Waals surface area contributed by atoms with Crippen molar-refractivity contribution >= 4 is 41.0 Å². The van der Waals surface area contributed by atoms with E-state index >= 15 is 0 Å². The van der Waals surface area contributed by atoms with Crippen LogP contribution in [0.2, 0.25) is 5.02 Å². The summed E-state index contributed by atoms with van der Waals surface area (Å²) in [5.74, 6) is 0. The third kappa shape index (κ3) is 5.20. The standard InChI is InChI=1S/C25H27ClN2.ClH/c1-5-27-23-13-11-19(15-17(23)3)25(21-9-7-8-10-22(21)26)20-12-14-24(28-6-2)18(4)16-20;/h7-16,27H,5-6H2,1-4H3;1H. The minimum absolute atomic E-state index is 0. The average molecular weight is 427 g/mol. The highest BCUT2D eigenvalue weighted by Crippen LogP contribution is 2.35. The van der Waals surface area contributed by atoms with E-state index in [4.69, 9.17) is 11.6 Å². The van der Waals surface area contributed by atoms with E-state index in [-0.39, 0.29) is 12.4 Å². The Morgan fingerprint density at radius 2 is 1.79 bits per heavy atom. The number of aryl methyl sites for hydroxylation is 1. The monoisotopic (exact) mass is 426 g/mol. The number of halogens is 2. The molecule has 0 saturated carbocycles. The zero-order valence-corrected chi connectivity index (χ0v) is 19.0. The predicted octanol–water partition coefficient (Wildman–Crippen LogP) is 7.28. The van der Waals surface area contributed by atoms with Gasteiger partial charge in [0.05, 0.1) is 5.71 Å². The molecule has 0 fully saturated rings. The lowest BCUT2D eigenvalue weighted by molar-refractivity contribution is 1.13. The molecular formula is C25H28Cl2N2. The van der Waals surface area contributed by atoms with Crippen LogP contribution in [0.4, 0.5) is 5.69 Å². The fraction of sp³-hybridized carbons (Fsp3) is 0.240. The van der Waals surface area contributed by atoms with E-state index in [1.807, 2.05) is 18.2 Å². The van der Waals surface area contributed by atoms with Gasteiger partial charge >= 0.3 is 0 Å². The van der Waals surface area contributed by atoms with Crippen LogP contribution in [-0.4, -0.2) is 18.8 Å². The minimum Gasteiger partial charge on any atom is -0.385 e. The van der Waals surface area contributed by atoms with Crippen molar-refractivity contribution in [3.8, 4) is 0 Å². The van der Waals surface area contributed by atoms with Crippen LogP contribution in [0, 0.1) is 6.92 Å². The third-order valence-corrected chi connectivity index (χ3v) is 5.17. The van der Waals surface area contributed by atoms with Gasteiger partial charge < -0.3 is 5.32 Å². The number of hydrogen-bond acceptors (Lipinski definition) is 2. The van der Waals surface area contributed by atoms with Gasteiger partial charge in [-0.1, -0.05) is 41.9 Å². The van der Waals surface area contributed by atoms with Crippen LogP contribution < -0.4 is 5.32 Å². The van der Waals surface area contributed by atoms with Crippen molar-refractivity contribution in [2.45, 2.75) is 27.7 Å². The van der Waals surface area contributed by atoms with Crippen LogP contribution in [0.5, 0.6) is 0 Å². The van der Waals surface area contributed by atoms with Gasteiger partial charge in [-0.05, 0) is 85.9 Å². The molecule has 0 amide bonds. The first-order valence-electron chi connectivity index (χ1n) is 9.80. The summed E-state index contributed by atoms with van der Waals surface area (Å²) in [6.07, 6.45) is 6.46. The molecule has 0 aliphatic heterocycles. The fourth-order valence-corrected chi connectivity index (χ4v) is 3.74. The molecule has 0 radical (unpaired) electrons. The smallest absolute Gasteiger partial charge is 0.0603 e.